The van der Waals surface area contributed by atoms with E-state index in [0.29, 0.717) is 0 Å². The molecular formula is C18H22F2N4O6S. The highest BCUT2D eigenvalue weighted by molar-refractivity contribution is 7.96. The van der Waals surface area contributed by atoms with Crippen molar-refractivity contribution in [2.75, 3.05) is 63.3 Å². The van der Waals surface area contributed by atoms with Crippen molar-refractivity contribution in [2.24, 2.45) is 0 Å². The van der Waals surface area contributed by atoms with Crippen LogP contribution in [0.25, 0.3) is 0 Å². The number of carbonyl (C=O) groups excluding carboxylic acids is 3. The van der Waals surface area contributed by atoms with Crippen LogP contribution in [0.3, 0.4) is 0 Å². The zero-order chi connectivity index (χ0) is 22.7. The number of hydrogen-bond donors (Lipinski definition) is 1. The molecular weight excluding hydrogens is 438 g/mol. The number of ether oxygens (including phenoxy) is 2. The molecule has 10 nitrogen and oxygen atoms in total. The topological polar surface area (TPSA) is 91.9 Å². The van der Waals surface area contributed by atoms with E-state index in [1.807, 2.05) is 0 Å². The molecule has 0 aromatic heterocycles. The van der Waals surface area contributed by atoms with E-state index in [1.54, 1.807) is 0 Å². The molecule has 31 heavy (non-hydrogen) atoms. The van der Waals surface area contributed by atoms with Gasteiger partial charge in [-0.2, -0.15) is 0 Å². The Hall–Kier alpha value is -2.80. The number of piperazine rings is 1. The number of carbonyl (C=O) groups is 3. The number of hydrogen-bond acceptors (Lipinski definition) is 7. The summed E-state index contributed by atoms with van der Waals surface area (Å²) in [5.41, 5.74) is -0.229. The van der Waals surface area contributed by atoms with E-state index < -0.39 is 35.2 Å². The van der Waals surface area contributed by atoms with Crippen molar-refractivity contribution >= 4 is 41.4 Å². The molecule has 0 aliphatic carbocycles. The average molecular weight is 460 g/mol. The normalized spacial score (nSPS) is 18.8. The van der Waals surface area contributed by atoms with Gasteiger partial charge in [0.2, 0.25) is 0 Å². The van der Waals surface area contributed by atoms with Crippen molar-refractivity contribution in [1.82, 2.24) is 9.96 Å². The lowest BCUT2D eigenvalue weighted by Crippen LogP contribution is -2.49. The van der Waals surface area contributed by atoms with E-state index in [2.05, 4.69) is 17.4 Å². The highest BCUT2D eigenvalue weighted by Crippen LogP contribution is 2.31. The molecule has 0 bridgehead atoms. The summed E-state index contributed by atoms with van der Waals surface area (Å²) >= 11 is 3.59. The van der Waals surface area contributed by atoms with Crippen molar-refractivity contribution in [3.63, 3.8) is 0 Å². The summed E-state index contributed by atoms with van der Waals surface area (Å²) in [6.07, 6.45) is -2.02. The van der Waals surface area contributed by atoms with Crippen LogP contribution in [0.4, 0.5) is 34.5 Å². The van der Waals surface area contributed by atoms with Gasteiger partial charge in [-0.15, -0.1) is 0 Å². The van der Waals surface area contributed by atoms with Crippen LogP contribution in [-0.4, -0.2) is 87.0 Å². The van der Waals surface area contributed by atoms with E-state index >= 15 is 0 Å². The minimum Gasteiger partial charge on any atom is -0.453 e. The summed E-state index contributed by atoms with van der Waals surface area (Å²) in [5.74, 6) is -1.68. The fraction of sp³-hybridized carbons (Fsp3) is 0.500. The molecule has 2 fully saturated rings. The summed E-state index contributed by atoms with van der Waals surface area (Å²) in [7, 11) is 2.61. The second kappa shape index (κ2) is 9.56. The molecule has 3 rings (SSSR count). The predicted octanol–water partition coefficient (Wildman–Crippen LogP) is 2.09. The fourth-order valence-electron chi connectivity index (χ4n) is 3.32. The monoisotopic (exact) mass is 460 g/mol. The molecule has 0 saturated carbocycles. The maximum atomic E-state index is 14.8. The molecule has 2 heterocycles. The molecule has 2 aliphatic heterocycles. The largest absolute Gasteiger partial charge is 0.453 e. The van der Waals surface area contributed by atoms with Gasteiger partial charge in [0, 0.05) is 45.4 Å². The van der Waals surface area contributed by atoms with Gasteiger partial charge in [0.1, 0.15) is 18.4 Å². The maximum Gasteiger partial charge on any atom is 0.414 e. The first-order valence-electron chi connectivity index (χ1n) is 9.35. The van der Waals surface area contributed by atoms with E-state index in [9.17, 15) is 23.2 Å². The Balaban J connectivity index is 1.67. The Kier molecular flexibility index (Phi) is 7.05. The van der Waals surface area contributed by atoms with Crippen LogP contribution in [0.2, 0.25) is 0 Å². The van der Waals surface area contributed by atoms with Gasteiger partial charge < -0.3 is 19.3 Å². The molecule has 13 heteroatoms. The molecule has 0 unspecified atom stereocenters. The number of hydroxylamine groups is 2. The summed E-state index contributed by atoms with van der Waals surface area (Å²) < 4.78 is 39.4. The minimum absolute atomic E-state index is 0.00178. The quantitative estimate of drug-likeness (QED) is 0.532. The first kappa shape index (κ1) is 22.9. The van der Waals surface area contributed by atoms with Crippen LogP contribution >= 0.6 is 12.6 Å². The number of halogens is 2. The van der Waals surface area contributed by atoms with Gasteiger partial charge in [-0.3, -0.25) is 14.5 Å². The molecule has 3 amide bonds. The molecule has 2 saturated heterocycles. The van der Waals surface area contributed by atoms with Gasteiger partial charge in [0.15, 0.2) is 11.6 Å². The number of rotatable bonds is 5. The van der Waals surface area contributed by atoms with E-state index in [-0.39, 0.29) is 50.7 Å². The minimum atomic E-state index is -0.838. The van der Waals surface area contributed by atoms with Crippen LogP contribution in [-0.2, 0) is 14.3 Å². The lowest BCUT2D eigenvalue weighted by molar-refractivity contribution is -0.113. The predicted molar refractivity (Wildman–Crippen MR) is 108 cm³/mol. The van der Waals surface area contributed by atoms with Crippen LogP contribution in [0.15, 0.2) is 12.1 Å². The van der Waals surface area contributed by atoms with E-state index in [0.717, 1.165) is 22.1 Å². The molecule has 170 valence electrons. The lowest BCUT2D eigenvalue weighted by Gasteiger charge is -2.35. The molecule has 2 aliphatic rings. The Bertz CT molecular complexity index is 844. The second-order valence-electron chi connectivity index (χ2n) is 6.89. The smallest absolute Gasteiger partial charge is 0.414 e. The first-order valence-corrected chi connectivity index (χ1v) is 9.80. The Morgan fingerprint density at radius 3 is 2.39 bits per heavy atom. The summed E-state index contributed by atoms with van der Waals surface area (Å²) in [6, 6.07) is 2.11. The molecule has 1 aromatic carbocycles. The first-order chi connectivity index (χ1) is 14.7. The average Bonchev–Trinajstić information content (AvgIpc) is 3.11. The van der Waals surface area contributed by atoms with Crippen molar-refractivity contribution in [3.8, 4) is 0 Å². The fourth-order valence-corrected chi connectivity index (χ4v) is 3.38. The second-order valence-corrected chi connectivity index (χ2v) is 7.28. The van der Waals surface area contributed by atoms with E-state index in [1.165, 1.54) is 24.0 Å². The number of amides is 3. The van der Waals surface area contributed by atoms with Crippen molar-refractivity contribution in [3.05, 3.63) is 23.8 Å². The van der Waals surface area contributed by atoms with Crippen LogP contribution in [0.1, 0.15) is 0 Å². The Morgan fingerprint density at radius 2 is 1.84 bits per heavy atom. The van der Waals surface area contributed by atoms with E-state index in [4.69, 9.17) is 9.57 Å². The third-order valence-corrected chi connectivity index (χ3v) is 5.22. The summed E-state index contributed by atoms with van der Waals surface area (Å²) in [5, 5.41) is 0.238. The molecule has 0 spiro atoms. The Labute approximate surface area is 182 Å². The highest BCUT2D eigenvalue weighted by atomic mass is 32.1. The summed E-state index contributed by atoms with van der Waals surface area (Å²) in [6.45, 7) is 0.838. The van der Waals surface area contributed by atoms with Crippen LogP contribution in [0, 0.1) is 11.6 Å². The molecule has 1 atom stereocenters. The zero-order valence-electron chi connectivity index (χ0n) is 16.9. The summed E-state index contributed by atoms with van der Waals surface area (Å²) in [4.78, 5) is 43.9. The zero-order valence-corrected chi connectivity index (χ0v) is 17.8. The maximum absolute atomic E-state index is 14.8. The van der Waals surface area contributed by atoms with Gasteiger partial charge in [-0.1, -0.05) is 12.6 Å². The molecule has 0 N–H and O–H groups in total. The molecule has 0 radical (unpaired) electrons. The van der Waals surface area contributed by atoms with Gasteiger partial charge in [0.25, 0.3) is 0 Å². The number of thiol groups is 1. The third kappa shape index (κ3) is 5.10. The number of cyclic esters (lactones) is 1. The van der Waals surface area contributed by atoms with Gasteiger partial charge in [-0.05, 0) is 0 Å². The van der Waals surface area contributed by atoms with Crippen LogP contribution in [0.5, 0.6) is 0 Å². The molecule has 1 aromatic rings. The van der Waals surface area contributed by atoms with Crippen LogP contribution < -0.4 is 9.80 Å². The third-order valence-electron chi connectivity index (χ3n) is 4.94. The van der Waals surface area contributed by atoms with Crippen molar-refractivity contribution < 1.29 is 37.5 Å². The number of methoxy groups -OCH3 is 1. The Morgan fingerprint density at radius 1 is 1.23 bits per heavy atom. The number of nitrogens with zero attached hydrogens (tertiary/aromatic N) is 4. The lowest BCUT2D eigenvalue weighted by atomic mass is 10.2. The SMILES string of the molecule is COC(=O)N1CCN(c2c(F)cc(N3C[C@@H](CON(C)C(=O)S)OC3=O)cc2F)CC1. The number of benzene rings is 1. The standard InChI is InChI=1S/C18H22F2N4O6S/c1-21(18(27)31)29-10-12-9-24(17(26)30-12)11-7-13(19)15(14(20)8-11)22-3-5-23(6-4-22)16(25)28-2/h7-8,12H,3-6,9-10H2,1-2H3,(H,27,31)/t12-/m0/s1. The highest BCUT2D eigenvalue weighted by Gasteiger charge is 2.35. The number of anilines is 2. The van der Waals surface area contributed by atoms with Gasteiger partial charge in [0.05, 0.1) is 19.3 Å². The van der Waals surface area contributed by atoms with Crippen molar-refractivity contribution in [2.45, 2.75) is 6.10 Å². The van der Waals surface area contributed by atoms with Crippen molar-refractivity contribution in [1.29, 1.82) is 0 Å². The van der Waals surface area contributed by atoms with Gasteiger partial charge >= 0.3 is 17.4 Å². The van der Waals surface area contributed by atoms with Gasteiger partial charge in [-0.25, -0.2) is 23.4 Å².